The third-order valence-electron chi connectivity index (χ3n) is 5.69. The van der Waals surface area contributed by atoms with Gasteiger partial charge in [-0.2, -0.15) is 0 Å². The number of H-pyrrole nitrogens is 1. The van der Waals surface area contributed by atoms with Crippen molar-refractivity contribution in [3.05, 3.63) is 42.9 Å². The Hall–Kier alpha value is -3.29. The number of carbonyl (C=O) groups is 1. The third-order valence-corrected chi connectivity index (χ3v) is 5.69. The average Bonchev–Trinajstić information content (AvgIpc) is 3.22. The molecule has 2 atom stereocenters. The number of nitrogens with one attached hydrogen (secondary N) is 2. The SMILES string of the molecule is COc1cccc(NC(=O)N2CCC(C)C(N(C)c3ncnc4[nH]ccc34)C2)c1. The van der Waals surface area contributed by atoms with E-state index in [4.69, 9.17) is 4.74 Å². The molecule has 2 aromatic heterocycles. The summed E-state index contributed by atoms with van der Waals surface area (Å²) in [5, 5.41) is 3.97. The van der Waals surface area contributed by atoms with Gasteiger partial charge in [0.2, 0.25) is 0 Å². The van der Waals surface area contributed by atoms with E-state index in [1.54, 1.807) is 13.4 Å². The summed E-state index contributed by atoms with van der Waals surface area (Å²) < 4.78 is 5.24. The second-order valence-corrected chi connectivity index (χ2v) is 7.49. The quantitative estimate of drug-likeness (QED) is 0.709. The molecule has 8 heteroatoms. The molecule has 3 heterocycles. The first-order chi connectivity index (χ1) is 14.1. The van der Waals surface area contributed by atoms with Crippen LogP contribution in [0.2, 0.25) is 0 Å². The van der Waals surface area contributed by atoms with E-state index in [9.17, 15) is 4.79 Å². The lowest BCUT2D eigenvalue weighted by Crippen LogP contribution is -2.53. The van der Waals surface area contributed by atoms with Gasteiger partial charge in [-0.15, -0.1) is 0 Å². The molecule has 1 aliphatic rings. The molecule has 3 aromatic rings. The maximum Gasteiger partial charge on any atom is 0.321 e. The predicted octanol–water partition coefficient (Wildman–Crippen LogP) is 3.35. The number of nitrogens with zero attached hydrogens (tertiary/aromatic N) is 4. The molecular formula is C21H26N6O2. The Morgan fingerprint density at radius 3 is 3.03 bits per heavy atom. The lowest BCUT2D eigenvalue weighted by Gasteiger charge is -2.42. The highest BCUT2D eigenvalue weighted by atomic mass is 16.5. The fraction of sp³-hybridized carbons (Fsp3) is 0.381. The van der Waals surface area contributed by atoms with Crippen LogP contribution in [0, 0.1) is 5.92 Å². The number of carbonyl (C=O) groups excluding carboxylic acids is 1. The van der Waals surface area contributed by atoms with E-state index >= 15 is 0 Å². The largest absolute Gasteiger partial charge is 0.497 e. The minimum atomic E-state index is -0.0990. The zero-order chi connectivity index (χ0) is 20.4. The lowest BCUT2D eigenvalue weighted by atomic mass is 9.92. The van der Waals surface area contributed by atoms with Crippen molar-refractivity contribution in [3.63, 3.8) is 0 Å². The van der Waals surface area contributed by atoms with Gasteiger partial charge in [-0.05, 0) is 30.5 Å². The van der Waals surface area contributed by atoms with E-state index in [1.165, 1.54) is 0 Å². The van der Waals surface area contributed by atoms with Crippen LogP contribution in [0.15, 0.2) is 42.9 Å². The molecular weight excluding hydrogens is 368 g/mol. The minimum Gasteiger partial charge on any atom is -0.497 e. The molecule has 2 amide bonds. The van der Waals surface area contributed by atoms with Crippen LogP contribution in [0.5, 0.6) is 5.75 Å². The van der Waals surface area contributed by atoms with Crippen LogP contribution in [-0.4, -0.2) is 59.2 Å². The van der Waals surface area contributed by atoms with E-state index in [0.717, 1.165) is 35.5 Å². The van der Waals surface area contributed by atoms with Crippen LogP contribution < -0.4 is 15.0 Å². The highest BCUT2D eigenvalue weighted by molar-refractivity contribution is 5.90. The van der Waals surface area contributed by atoms with Gasteiger partial charge in [0, 0.05) is 38.1 Å². The molecule has 29 heavy (non-hydrogen) atoms. The molecule has 4 rings (SSSR count). The maximum atomic E-state index is 12.9. The van der Waals surface area contributed by atoms with Crippen LogP contribution in [0.25, 0.3) is 11.0 Å². The standard InChI is InChI=1S/C21H26N6O2/c1-14-8-10-27(21(28)25-15-5-4-6-16(11-15)29-3)12-18(14)26(2)20-17-7-9-22-19(17)23-13-24-20/h4-7,9,11,13-14,18H,8,10,12H2,1-3H3,(H,25,28)(H,22,23,24). The highest BCUT2D eigenvalue weighted by Gasteiger charge is 2.32. The van der Waals surface area contributed by atoms with Gasteiger partial charge in [0.05, 0.1) is 18.5 Å². The number of amides is 2. The Morgan fingerprint density at radius 1 is 1.34 bits per heavy atom. The fourth-order valence-electron chi connectivity index (χ4n) is 3.94. The van der Waals surface area contributed by atoms with Gasteiger partial charge >= 0.3 is 6.03 Å². The van der Waals surface area contributed by atoms with Crippen LogP contribution in [0.1, 0.15) is 13.3 Å². The molecule has 1 saturated heterocycles. The number of rotatable bonds is 4. The van der Waals surface area contributed by atoms with E-state index in [1.807, 2.05) is 48.5 Å². The maximum absolute atomic E-state index is 12.9. The number of hydrogen-bond acceptors (Lipinski definition) is 5. The summed E-state index contributed by atoms with van der Waals surface area (Å²) in [7, 11) is 3.65. The Morgan fingerprint density at radius 2 is 2.21 bits per heavy atom. The number of benzene rings is 1. The topological polar surface area (TPSA) is 86.4 Å². The zero-order valence-electron chi connectivity index (χ0n) is 16.9. The Kier molecular flexibility index (Phi) is 5.24. The van der Waals surface area contributed by atoms with Crippen LogP contribution in [0.3, 0.4) is 0 Å². The summed E-state index contributed by atoms with van der Waals surface area (Å²) in [6.45, 7) is 3.59. The summed E-state index contributed by atoms with van der Waals surface area (Å²) in [5.74, 6) is 2.03. The van der Waals surface area contributed by atoms with Gasteiger partial charge in [0.15, 0.2) is 0 Å². The van der Waals surface area contributed by atoms with Gasteiger partial charge in [0.25, 0.3) is 0 Å². The van der Waals surface area contributed by atoms with E-state index in [0.29, 0.717) is 18.2 Å². The van der Waals surface area contributed by atoms with Crippen molar-refractivity contribution in [1.29, 1.82) is 0 Å². The molecule has 1 aliphatic heterocycles. The van der Waals surface area contributed by atoms with Crippen molar-refractivity contribution in [2.45, 2.75) is 19.4 Å². The van der Waals surface area contributed by atoms with Gasteiger partial charge in [-0.3, -0.25) is 0 Å². The summed E-state index contributed by atoms with van der Waals surface area (Å²) >= 11 is 0. The molecule has 0 bridgehead atoms. The van der Waals surface area contributed by atoms with E-state index in [2.05, 4.69) is 32.1 Å². The first kappa shape index (κ1) is 19.0. The monoisotopic (exact) mass is 394 g/mol. The number of aromatic nitrogens is 3. The van der Waals surface area contributed by atoms with Crippen molar-refractivity contribution in [3.8, 4) is 5.75 Å². The molecule has 152 valence electrons. The minimum absolute atomic E-state index is 0.0990. The van der Waals surface area contributed by atoms with Crippen LogP contribution >= 0.6 is 0 Å². The van der Waals surface area contributed by atoms with Gasteiger partial charge in [0.1, 0.15) is 23.5 Å². The smallest absolute Gasteiger partial charge is 0.321 e. The second-order valence-electron chi connectivity index (χ2n) is 7.49. The van der Waals surface area contributed by atoms with Gasteiger partial charge in [-0.25, -0.2) is 14.8 Å². The number of anilines is 2. The summed E-state index contributed by atoms with van der Waals surface area (Å²) in [6, 6.07) is 9.44. The zero-order valence-corrected chi connectivity index (χ0v) is 16.9. The first-order valence-electron chi connectivity index (χ1n) is 9.77. The van der Waals surface area contributed by atoms with E-state index < -0.39 is 0 Å². The number of urea groups is 1. The average molecular weight is 394 g/mol. The van der Waals surface area contributed by atoms with Gasteiger partial charge < -0.3 is 24.8 Å². The number of ether oxygens (including phenoxy) is 1. The molecule has 2 unspecified atom stereocenters. The van der Waals surface area contributed by atoms with Crippen molar-refractivity contribution in [2.75, 3.05) is 37.5 Å². The molecule has 0 saturated carbocycles. The highest BCUT2D eigenvalue weighted by Crippen LogP contribution is 2.29. The Balaban J connectivity index is 1.50. The number of aromatic amines is 1. The van der Waals surface area contributed by atoms with Crippen molar-refractivity contribution in [2.24, 2.45) is 5.92 Å². The molecule has 1 aromatic carbocycles. The third kappa shape index (κ3) is 3.83. The number of hydrogen-bond donors (Lipinski definition) is 2. The molecule has 0 radical (unpaired) electrons. The van der Waals surface area contributed by atoms with Crippen LogP contribution in [-0.2, 0) is 0 Å². The predicted molar refractivity (Wildman–Crippen MR) is 113 cm³/mol. The Labute approximate surface area is 169 Å². The first-order valence-corrected chi connectivity index (χ1v) is 9.77. The number of fused-ring (bicyclic) bond motifs is 1. The number of likely N-dealkylation sites (tertiary alicyclic amines) is 1. The van der Waals surface area contributed by atoms with E-state index in [-0.39, 0.29) is 12.1 Å². The summed E-state index contributed by atoms with van der Waals surface area (Å²) in [6.07, 6.45) is 4.38. The molecule has 0 aliphatic carbocycles. The fourth-order valence-corrected chi connectivity index (χ4v) is 3.94. The van der Waals surface area contributed by atoms with Crippen molar-refractivity contribution in [1.82, 2.24) is 19.9 Å². The van der Waals surface area contributed by atoms with Gasteiger partial charge in [-0.1, -0.05) is 13.0 Å². The molecule has 8 nitrogen and oxygen atoms in total. The van der Waals surface area contributed by atoms with Crippen molar-refractivity contribution >= 4 is 28.6 Å². The normalized spacial score (nSPS) is 19.2. The Bertz CT molecular complexity index is 1000. The number of piperidine rings is 1. The molecule has 1 fully saturated rings. The second kappa shape index (κ2) is 7.98. The van der Waals surface area contributed by atoms with Crippen molar-refractivity contribution < 1.29 is 9.53 Å². The molecule has 0 spiro atoms. The molecule has 2 N–H and O–H groups in total. The van der Waals surface area contributed by atoms with Crippen LogP contribution in [0.4, 0.5) is 16.3 Å². The number of methoxy groups -OCH3 is 1. The number of likely N-dealkylation sites (N-methyl/N-ethyl adjacent to an activating group) is 1. The summed E-state index contributed by atoms with van der Waals surface area (Å²) in [4.78, 5) is 28.8. The lowest BCUT2D eigenvalue weighted by molar-refractivity contribution is 0.172. The summed E-state index contributed by atoms with van der Waals surface area (Å²) in [5.41, 5.74) is 1.54.